The Hall–Kier alpha value is -2.46. The smallest absolute Gasteiger partial charge is 0.446 e. The second kappa shape index (κ2) is 6.32. The molecule has 0 amide bonds. The van der Waals surface area contributed by atoms with E-state index in [2.05, 4.69) is 9.53 Å². The quantitative estimate of drug-likeness (QED) is 0.195. The highest BCUT2D eigenvalue weighted by Crippen LogP contribution is 2.12. The first kappa shape index (κ1) is 13.6. The van der Waals surface area contributed by atoms with Gasteiger partial charge in [-0.05, 0) is 31.2 Å². The van der Waals surface area contributed by atoms with E-state index in [0.29, 0.717) is 5.75 Å². The first-order valence-corrected chi connectivity index (χ1v) is 5.22. The molecular weight excluding hydrogens is 236 g/mol. The molecule has 0 aliphatic rings. The predicted molar refractivity (Wildman–Crippen MR) is 62.6 cm³/mol. The summed E-state index contributed by atoms with van der Waals surface area (Å²) in [7, 11) is 1.50. The van der Waals surface area contributed by atoms with E-state index in [1.54, 1.807) is 19.1 Å². The number of ether oxygens (including phenoxy) is 2. The van der Waals surface area contributed by atoms with Crippen LogP contribution in [0.25, 0.3) is 5.53 Å². The van der Waals surface area contributed by atoms with E-state index >= 15 is 0 Å². The largest absolute Gasteiger partial charge is 0.497 e. The number of hydrogen-bond donors (Lipinski definition) is 0. The number of methoxy groups -OCH3 is 1. The predicted octanol–water partition coefficient (Wildman–Crippen LogP) is 1.11. The molecule has 1 aromatic rings. The monoisotopic (exact) mass is 248 g/mol. The molecule has 6 heteroatoms. The van der Waals surface area contributed by atoms with E-state index in [1.807, 2.05) is 0 Å². The average Bonchev–Trinajstić information content (AvgIpc) is 2.40. The molecule has 1 aromatic carbocycles. The molecule has 0 unspecified atom stereocenters. The lowest BCUT2D eigenvalue weighted by Crippen LogP contribution is -2.27. The number of carbonyl (C=O) groups excluding carboxylic acids is 2. The third kappa shape index (κ3) is 3.02. The number of rotatable bonds is 5. The van der Waals surface area contributed by atoms with Crippen molar-refractivity contribution in [1.29, 1.82) is 0 Å². The summed E-state index contributed by atoms with van der Waals surface area (Å²) in [6, 6.07) is 6.05. The second-order valence-electron chi connectivity index (χ2n) is 3.23. The summed E-state index contributed by atoms with van der Waals surface area (Å²) >= 11 is 0. The van der Waals surface area contributed by atoms with Gasteiger partial charge in [-0.2, -0.15) is 4.79 Å². The van der Waals surface area contributed by atoms with Crippen molar-refractivity contribution in [3.8, 4) is 5.75 Å². The molecule has 18 heavy (non-hydrogen) atoms. The van der Waals surface area contributed by atoms with Crippen molar-refractivity contribution in [3.63, 3.8) is 0 Å². The van der Waals surface area contributed by atoms with Gasteiger partial charge in [-0.25, -0.2) is 4.79 Å². The molecule has 0 N–H and O–H groups in total. The van der Waals surface area contributed by atoms with E-state index in [0.717, 1.165) is 0 Å². The number of benzene rings is 1. The second-order valence-corrected chi connectivity index (χ2v) is 3.23. The number of carbonyl (C=O) groups is 2. The summed E-state index contributed by atoms with van der Waals surface area (Å²) in [5.41, 5.74) is 8.25. The minimum atomic E-state index is -0.958. The Labute approximate surface area is 104 Å². The van der Waals surface area contributed by atoms with Crippen LogP contribution in [0.15, 0.2) is 24.3 Å². The normalized spacial score (nSPS) is 9.22. The molecule has 94 valence electrons. The van der Waals surface area contributed by atoms with E-state index in [1.165, 1.54) is 19.2 Å². The van der Waals surface area contributed by atoms with Crippen molar-refractivity contribution in [2.45, 2.75) is 6.92 Å². The Morgan fingerprint density at radius 1 is 1.28 bits per heavy atom. The number of hydrogen-bond acceptors (Lipinski definition) is 4. The SMILES string of the molecule is CCOC(=O)C(=[N+]=[N-])C(=O)c1ccc(OC)cc1. The maximum atomic E-state index is 11.9. The van der Waals surface area contributed by atoms with Gasteiger partial charge in [0.2, 0.25) is 0 Å². The van der Waals surface area contributed by atoms with E-state index in [4.69, 9.17) is 10.3 Å². The van der Waals surface area contributed by atoms with Crippen LogP contribution in [0.3, 0.4) is 0 Å². The van der Waals surface area contributed by atoms with Gasteiger partial charge in [0.15, 0.2) is 0 Å². The zero-order valence-electron chi connectivity index (χ0n) is 10.0. The fourth-order valence-corrected chi connectivity index (χ4v) is 1.26. The number of nitrogens with zero attached hydrogens (tertiary/aromatic N) is 2. The highest BCUT2D eigenvalue weighted by atomic mass is 16.5. The Morgan fingerprint density at radius 2 is 1.89 bits per heavy atom. The number of esters is 1. The van der Waals surface area contributed by atoms with Crippen molar-refractivity contribution in [1.82, 2.24) is 0 Å². The molecule has 0 spiro atoms. The zero-order chi connectivity index (χ0) is 13.5. The van der Waals surface area contributed by atoms with Crippen LogP contribution in [0.2, 0.25) is 0 Å². The average molecular weight is 248 g/mol. The first-order chi connectivity index (χ1) is 8.63. The van der Waals surface area contributed by atoms with E-state index < -0.39 is 17.5 Å². The topological polar surface area (TPSA) is 89.0 Å². The zero-order valence-corrected chi connectivity index (χ0v) is 10.0. The molecule has 0 atom stereocenters. The number of Topliss-reactive ketones (excluding diaryl/α,β-unsaturated/α-hetero) is 1. The Bertz CT molecular complexity index is 501. The summed E-state index contributed by atoms with van der Waals surface area (Å²) in [4.78, 5) is 25.9. The van der Waals surface area contributed by atoms with Gasteiger partial charge in [0.05, 0.1) is 13.7 Å². The van der Waals surface area contributed by atoms with Gasteiger partial charge in [-0.3, -0.25) is 4.79 Å². The molecule has 0 saturated carbocycles. The fourth-order valence-electron chi connectivity index (χ4n) is 1.26. The molecular formula is C12H12N2O4. The van der Waals surface area contributed by atoms with Crippen molar-refractivity contribution < 1.29 is 23.9 Å². The molecule has 1 rings (SSSR count). The molecule has 6 nitrogen and oxygen atoms in total. The molecule has 0 heterocycles. The third-order valence-corrected chi connectivity index (χ3v) is 2.14. The highest BCUT2D eigenvalue weighted by molar-refractivity contribution is 6.65. The first-order valence-electron chi connectivity index (χ1n) is 5.22. The van der Waals surface area contributed by atoms with Crippen LogP contribution < -0.4 is 4.74 Å². The maximum Gasteiger partial charge on any atom is 0.446 e. The van der Waals surface area contributed by atoms with Gasteiger partial charge in [-0.15, -0.1) is 0 Å². The Balaban J connectivity index is 2.97. The minimum absolute atomic E-state index is 0.0910. The third-order valence-electron chi connectivity index (χ3n) is 2.14. The lowest BCUT2D eigenvalue weighted by atomic mass is 10.1. The Kier molecular flexibility index (Phi) is 4.78. The van der Waals surface area contributed by atoms with Crippen LogP contribution in [0, 0.1) is 0 Å². The summed E-state index contributed by atoms with van der Waals surface area (Å²) in [6.45, 7) is 1.68. The lowest BCUT2D eigenvalue weighted by Gasteiger charge is -2.00. The van der Waals surface area contributed by atoms with Crippen LogP contribution >= 0.6 is 0 Å². The van der Waals surface area contributed by atoms with Crippen LogP contribution in [0.1, 0.15) is 17.3 Å². The van der Waals surface area contributed by atoms with Crippen molar-refractivity contribution in [2.75, 3.05) is 13.7 Å². The van der Waals surface area contributed by atoms with Crippen molar-refractivity contribution in [2.24, 2.45) is 0 Å². The van der Waals surface area contributed by atoms with Gasteiger partial charge in [0.25, 0.3) is 5.78 Å². The van der Waals surface area contributed by atoms with Crippen LogP contribution in [0.5, 0.6) is 5.75 Å². The fraction of sp³-hybridized carbons (Fsp3) is 0.250. The summed E-state index contributed by atoms with van der Waals surface area (Å²) in [5.74, 6) is -1.09. The van der Waals surface area contributed by atoms with Gasteiger partial charge >= 0.3 is 11.7 Å². The molecule has 0 fully saturated rings. The van der Waals surface area contributed by atoms with Crippen LogP contribution in [0.4, 0.5) is 0 Å². The van der Waals surface area contributed by atoms with Gasteiger partial charge in [-0.1, -0.05) is 0 Å². The van der Waals surface area contributed by atoms with Crippen LogP contribution in [-0.4, -0.2) is 36.0 Å². The summed E-state index contributed by atoms with van der Waals surface area (Å²) in [6.07, 6.45) is 0. The van der Waals surface area contributed by atoms with E-state index in [9.17, 15) is 9.59 Å². The standard InChI is InChI=1S/C12H12N2O4/c1-3-18-12(16)10(14-13)11(15)8-4-6-9(17-2)7-5-8/h4-7H,3H2,1-2H3. The Morgan fingerprint density at radius 3 is 2.33 bits per heavy atom. The molecule has 0 aliphatic carbocycles. The van der Waals surface area contributed by atoms with Crippen LogP contribution in [-0.2, 0) is 9.53 Å². The molecule has 0 aliphatic heterocycles. The van der Waals surface area contributed by atoms with Crippen molar-refractivity contribution >= 4 is 17.5 Å². The van der Waals surface area contributed by atoms with Gasteiger partial charge in [0, 0.05) is 5.56 Å². The van der Waals surface area contributed by atoms with Gasteiger partial charge in [0.1, 0.15) is 5.75 Å². The molecule has 0 saturated heterocycles. The van der Waals surface area contributed by atoms with E-state index in [-0.39, 0.29) is 12.2 Å². The summed E-state index contributed by atoms with van der Waals surface area (Å²) in [5, 5.41) is 0. The summed E-state index contributed by atoms with van der Waals surface area (Å²) < 4.78 is 9.55. The molecule has 0 radical (unpaired) electrons. The molecule has 0 aromatic heterocycles. The minimum Gasteiger partial charge on any atom is -0.497 e. The number of ketones is 1. The molecule has 0 bridgehead atoms. The highest BCUT2D eigenvalue weighted by Gasteiger charge is 2.31. The maximum absolute atomic E-state index is 11.9. The van der Waals surface area contributed by atoms with Gasteiger partial charge < -0.3 is 15.0 Å². The lowest BCUT2D eigenvalue weighted by molar-refractivity contribution is -0.139. The van der Waals surface area contributed by atoms with Crippen molar-refractivity contribution in [3.05, 3.63) is 35.4 Å².